The smallest absolute Gasteiger partial charge is 0.274 e. The number of rotatable bonds is 7. The number of fused-ring (bicyclic) bond motifs is 1. The van der Waals surface area contributed by atoms with Crippen LogP contribution in [0, 0.1) is 0 Å². The average Bonchev–Trinajstić information content (AvgIpc) is 3.27. The van der Waals surface area contributed by atoms with Crippen molar-refractivity contribution in [3.63, 3.8) is 0 Å². The summed E-state index contributed by atoms with van der Waals surface area (Å²) in [7, 11) is 1.86. The largest absolute Gasteiger partial charge is 0.458 e. The van der Waals surface area contributed by atoms with Crippen LogP contribution in [0.2, 0.25) is 5.02 Å². The number of aromatic nitrogens is 1. The van der Waals surface area contributed by atoms with Crippen molar-refractivity contribution in [1.82, 2.24) is 14.6 Å². The van der Waals surface area contributed by atoms with Crippen LogP contribution >= 0.6 is 23.5 Å². The van der Waals surface area contributed by atoms with Crippen molar-refractivity contribution in [3.05, 3.63) is 83.2 Å². The van der Waals surface area contributed by atoms with Crippen LogP contribution in [0.1, 0.15) is 11.3 Å². The second kappa shape index (κ2) is 11.9. The van der Waals surface area contributed by atoms with E-state index in [1.165, 1.54) is 18.0 Å². The van der Waals surface area contributed by atoms with Crippen molar-refractivity contribution >= 4 is 52.7 Å². The van der Waals surface area contributed by atoms with Crippen LogP contribution in [0.4, 0.5) is 14.6 Å². The molecule has 1 aliphatic heterocycles. The number of nitrogen functional groups attached to an aromatic ring is 1. The van der Waals surface area contributed by atoms with Gasteiger partial charge in [0.15, 0.2) is 5.58 Å². The number of aldehydes is 1. The zero-order valence-electron chi connectivity index (χ0n) is 20.0. The number of carbonyl (C=O) groups is 1. The van der Waals surface area contributed by atoms with E-state index in [1.807, 2.05) is 49.5 Å². The molecule has 1 saturated heterocycles. The Morgan fingerprint density at radius 3 is 2.54 bits per heavy atom. The first-order valence-electron chi connectivity index (χ1n) is 11.4. The molecule has 10 heteroatoms. The fraction of sp³-hybridized carbons (Fsp3) is 0.185. The third kappa shape index (κ3) is 7.17. The van der Waals surface area contributed by atoms with Gasteiger partial charge in [0.1, 0.15) is 17.9 Å². The maximum Gasteiger partial charge on any atom is 0.274 e. The van der Waals surface area contributed by atoms with Crippen LogP contribution in [0.15, 0.2) is 76.2 Å². The Labute approximate surface area is 222 Å². The number of nitrogens with one attached hydrogen (secondary N) is 1. The first-order valence-corrected chi connectivity index (χ1v) is 12.5. The Hall–Kier alpha value is -3.24. The van der Waals surface area contributed by atoms with Crippen LogP contribution in [-0.4, -0.2) is 41.6 Å². The number of hydrogen-bond donors (Lipinski definition) is 2. The third-order valence-corrected chi connectivity index (χ3v) is 6.67. The summed E-state index contributed by atoms with van der Waals surface area (Å²) in [5.74, 6) is -1.23. The van der Waals surface area contributed by atoms with E-state index in [1.54, 1.807) is 28.7 Å². The van der Waals surface area contributed by atoms with Crippen molar-refractivity contribution in [1.29, 1.82) is 0 Å². The van der Waals surface area contributed by atoms with E-state index < -0.39 is 5.92 Å². The molecule has 1 fully saturated rings. The minimum atomic E-state index is -2.55. The molecule has 0 spiro atoms. The minimum Gasteiger partial charge on any atom is -0.458 e. The van der Waals surface area contributed by atoms with Gasteiger partial charge >= 0.3 is 0 Å². The standard InChI is InChI=1S/C19H17ClF2N2OS.C8H8N2O/c1-23-9-15-7-14-6-13(8-17(20)18(14)25-15)12-2-4-16(5-3-12)26-24-10-19(21,22)11-24;9-8-4-3-7(6-10-8)2-1-5-11/h2-8,23H,9-11H2,1H3;1-6H,(H2,9,10)/b;2-1+. The molecule has 1 aliphatic rings. The Morgan fingerprint density at radius 2 is 1.92 bits per heavy atom. The number of nitrogens with two attached hydrogens (primary N) is 1. The summed E-state index contributed by atoms with van der Waals surface area (Å²) < 4.78 is 33.2. The van der Waals surface area contributed by atoms with Crippen LogP contribution in [0.5, 0.6) is 0 Å². The summed E-state index contributed by atoms with van der Waals surface area (Å²) in [6.45, 7) is 0.254. The van der Waals surface area contributed by atoms with Crippen molar-refractivity contribution in [3.8, 4) is 11.1 Å². The Morgan fingerprint density at radius 1 is 1.16 bits per heavy atom. The maximum absolute atomic E-state index is 12.9. The molecule has 3 N–H and O–H groups in total. The summed E-state index contributed by atoms with van der Waals surface area (Å²) in [6.07, 6.45) is 5.40. The van der Waals surface area contributed by atoms with E-state index in [-0.39, 0.29) is 13.1 Å². The number of furan rings is 1. The van der Waals surface area contributed by atoms with E-state index in [9.17, 15) is 13.6 Å². The van der Waals surface area contributed by atoms with Gasteiger partial charge in [-0.25, -0.2) is 18.1 Å². The topological polar surface area (TPSA) is 84.4 Å². The van der Waals surface area contributed by atoms with E-state index >= 15 is 0 Å². The van der Waals surface area contributed by atoms with E-state index in [0.717, 1.165) is 39.0 Å². The third-order valence-electron chi connectivity index (χ3n) is 5.39. The molecule has 0 saturated carbocycles. The lowest BCUT2D eigenvalue weighted by Crippen LogP contribution is -2.52. The highest BCUT2D eigenvalue weighted by Gasteiger charge is 2.44. The number of allylic oxidation sites excluding steroid dienone is 1. The number of benzene rings is 2. The molecule has 2 aromatic heterocycles. The number of hydrogen-bond acceptors (Lipinski definition) is 7. The lowest BCUT2D eigenvalue weighted by molar-refractivity contribution is -0.104. The number of pyridine rings is 1. The first kappa shape index (κ1) is 26.8. The fourth-order valence-electron chi connectivity index (χ4n) is 3.65. The van der Waals surface area contributed by atoms with Gasteiger partial charge in [0.2, 0.25) is 0 Å². The minimum absolute atomic E-state index is 0.193. The van der Waals surface area contributed by atoms with Gasteiger partial charge < -0.3 is 15.5 Å². The Bertz CT molecular complexity index is 1380. The summed E-state index contributed by atoms with van der Waals surface area (Å²) in [5.41, 5.74) is 8.91. The summed E-state index contributed by atoms with van der Waals surface area (Å²) in [6, 6.07) is 17.2. The predicted octanol–water partition coefficient (Wildman–Crippen LogP) is 6.31. The highest BCUT2D eigenvalue weighted by Crippen LogP contribution is 2.37. The molecule has 0 unspecified atom stereocenters. The van der Waals surface area contributed by atoms with Gasteiger partial charge in [0.25, 0.3) is 5.92 Å². The van der Waals surface area contributed by atoms with Gasteiger partial charge in [0, 0.05) is 16.5 Å². The van der Waals surface area contributed by atoms with Crippen LogP contribution in [0.3, 0.4) is 0 Å². The van der Waals surface area contributed by atoms with Crippen molar-refractivity contribution in [2.24, 2.45) is 0 Å². The number of halogens is 3. The lowest BCUT2D eigenvalue weighted by atomic mass is 10.0. The van der Waals surface area contributed by atoms with Gasteiger partial charge in [-0.1, -0.05) is 29.8 Å². The molecule has 4 aromatic rings. The molecule has 192 valence electrons. The molecule has 0 amide bonds. The average molecular weight is 543 g/mol. The lowest BCUT2D eigenvalue weighted by Gasteiger charge is -2.37. The number of anilines is 1. The second-order valence-electron chi connectivity index (χ2n) is 8.40. The van der Waals surface area contributed by atoms with Gasteiger partial charge in [-0.05, 0) is 84.2 Å². The normalized spacial score (nSPS) is 14.8. The molecule has 5 rings (SSSR count). The number of alkyl halides is 2. The zero-order valence-corrected chi connectivity index (χ0v) is 21.5. The Kier molecular flexibility index (Phi) is 8.60. The quantitative estimate of drug-likeness (QED) is 0.161. The molecule has 0 atom stereocenters. The second-order valence-corrected chi connectivity index (χ2v) is 9.98. The highest BCUT2D eigenvalue weighted by molar-refractivity contribution is 7.97. The number of carbonyl (C=O) groups excluding carboxylic acids is 1. The Balaban J connectivity index is 0.000000245. The molecule has 0 bridgehead atoms. The fourth-order valence-corrected chi connectivity index (χ4v) is 4.98. The summed E-state index contributed by atoms with van der Waals surface area (Å²) in [4.78, 5) is 14.7. The molecule has 6 nitrogen and oxygen atoms in total. The molecular formula is C27H25ClF2N4O2S. The first-order chi connectivity index (χ1) is 17.8. The number of nitrogens with zero attached hydrogens (tertiary/aromatic N) is 2. The van der Waals surface area contributed by atoms with Gasteiger partial charge in [-0.15, -0.1) is 0 Å². The predicted molar refractivity (Wildman–Crippen MR) is 146 cm³/mol. The maximum atomic E-state index is 12.9. The SMILES string of the molecule is CNCc1cc2cc(-c3ccc(SN4CC(F)(F)C4)cc3)cc(Cl)c2o1.Nc1ccc(/C=C/C=O)cn1. The van der Waals surface area contributed by atoms with Gasteiger partial charge in [-0.3, -0.25) is 4.79 Å². The van der Waals surface area contributed by atoms with Crippen molar-refractivity contribution < 1.29 is 18.0 Å². The van der Waals surface area contributed by atoms with Crippen LogP contribution < -0.4 is 11.1 Å². The molecule has 2 aromatic carbocycles. The van der Waals surface area contributed by atoms with Crippen molar-refractivity contribution in [2.45, 2.75) is 17.4 Å². The molecule has 37 heavy (non-hydrogen) atoms. The summed E-state index contributed by atoms with van der Waals surface area (Å²) in [5, 5.41) is 4.58. The molecule has 3 heterocycles. The highest BCUT2D eigenvalue weighted by atomic mass is 35.5. The van der Waals surface area contributed by atoms with Gasteiger partial charge in [0.05, 0.1) is 24.7 Å². The zero-order chi connectivity index (χ0) is 26.4. The van der Waals surface area contributed by atoms with Crippen LogP contribution in [-0.2, 0) is 11.3 Å². The van der Waals surface area contributed by atoms with E-state index in [2.05, 4.69) is 10.3 Å². The van der Waals surface area contributed by atoms with Crippen molar-refractivity contribution in [2.75, 3.05) is 25.9 Å². The van der Waals surface area contributed by atoms with Crippen LogP contribution in [0.25, 0.3) is 28.2 Å². The van der Waals surface area contributed by atoms with Gasteiger partial charge in [-0.2, -0.15) is 0 Å². The summed E-state index contributed by atoms with van der Waals surface area (Å²) >= 11 is 7.74. The molecular weight excluding hydrogens is 518 g/mol. The van der Waals surface area contributed by atoms with E-state index in [4.69, 9.17) is 21.8 Å². The monoisotopic (exact) mass is 542 g/mol. The molecule has 0 radical (unpaired) electrons. The van der Waals surface area contributed by atoms with E-state index in [0.29, 0.717) is 23.0 Å². The molecule has 0 aliphatic carbocycles.